The molecular formula is C9H7Cl2NO. The lowest BCUT2D eigenvalue weighted by atomic mass is 10.1. The Morgan fingerprint density at radius 3 is 2.85 bits per heavy atom. The predicted molar refractivity (Wildman–Crippen MR) is 53.4 cm³/mol. The van der Waals surface area contributed by atoms with Crippen LogP contribution in [-0.4, -0.2) is 6.21 Å². The van der Waals surface area contributed by atoms with Gasteiger partial charge in [0, 0.05) is 28.2 Å². The predicted octanol–water partition coefficient (Wildman–Crippen LogP) is 3.44. The molecule has 0 spiro atoms. The van der Waals surface area contributed by atoms with Crippen LogP contribution in [0, 0.1) is 0 Å². The molecular weight excluding hydrogens is 209 g/mol. The number of hydrogen-bond acceptors (Lipinski definition) is 2. The monoisotopic (exact) mass is 215 g/mol. The summed E-state index contributed by atoms with van der Waals surface area (Å²) >= 11 is 11.8. The van der Waals surface area contributed by atoms with Gasteiger partial charge in [-0.05, 0) is 12.1 Å². The molecule has 0 aromatic heterocycles. The Morgan fingerprint density at radius 2 is 2.23 bits per heavy atom. The van der Waals surface area contributed by atoms with Crippen molar-refractivity contribution in [3.05, 3.63) is 33.8 Å². The van der Waals surface area contributed by atoms with E-state index in [1.807, 2.05) is 6.07 Å². The largest absolute Gasteiger partial charge is 0.388 e. The highest BCUT2D eigenvalue weighted by molar-refractivity contribution is 6.35. The van der Waals surface area contributed by atoms with Crippen LogP contribution < -0.4 is 0 Å². The summed E-state index contributed by atoms with van der Waals surface area (Å²) in [6.45, 7) is 0. The summed E-state index contributed by atoms with van der Waals surface area (Å²) in [5.74, 6) is 0. The molecule has 4 heteroatoms. The molecule has 1 aliphatic heterocycles. The third-order valence-corrected chi connectivity index (χ3v) is 2.45. The Labute approximate surface area is 86.1 Å². The maximum absolute atomic E-state index is 5.99. The van der Waals surface area contributed by atoms with Gasteiger partial charge in [0.25, 0.3) is 0 Å². The van der Waals surface area contributed by atoms with Crippen LogP contribution in [0.4, 0.5) is 0 Å². The molecule has 0 radical (unpaired) electrons. The molecule has 1 unspecified atom stereocenters. The first-order valence-electron chi connectivity index (χ1n) is 3.90. The zero-order valence-corrected chi connectivity index (χ0v) is 8.22. The first-order valence-corrected chi connectivity index (χ1v) is 4.65. The summed E-state index contributed by atoms with van der Waals surface area (Å²) in [7, 11) is 0. The number of benzene rings is 1. The van der Waals surface area contributed by atoms with Crippen LogP contribution in [0.15, 0.2) is 23.4 Å². The maximum Gasteiger partial charge on any atom is 0.159 e. The van der Waals surface area contributed by atoms with Gasteiger partial charge in [-0.1, -0.05) is 34.4 Å². The van der Waals surface area contributed by atoms with Crippen molar-refractivity contribution in [3.8, 4) is 0 Å². The van der Waals surface area contributed by atoms with Crippen molar-refractivity contribution in [1.29, 1.82) is 0 Å². The number of nitrogens with zero attached hydrogens (tertiary/aromatic N) is 1. The van der Waals surface area contributed by atoms with Crippen LogP contribution >= 0.6 is 23.2 Å². The quantitative estimate of drug-likeness (QED) is 0.704. The number of oxime groups is 1. The summed E-state index contributed by atoms with van der Waals surface area (Å²) in [6.07, 6.45) is 2.45. The van der Waals surface area contributed by atoms with Gasteiger partial charge in [0.05, 0.1) is 0 Å². The van der Waals surface area contributed by atoms with Gasteiger partial charge in [0.2, 0.25) is 0 Å². The first-order chi connectivity index (χ1) is 6.27. The van der Waals surface area contributed by atoms with Gasteiger partial charge in [-0.2, -0.15) is 0 Å². The fourth-order valence-electron chi connectivity index (χ4n) is 1.24. The van der Waals surface area contributed by atoms with E-state index in [0.29, 0.717) is 10.0 Å². The van der Waals surface area contributed by atoms with Gasteiger partial charge in [0.1, 0.15) is 0 Å². The molecule has 0 N–H and O–H groups in total. The Bertz CT molecular complexity index is 343. The van der Waals surface area contributed by atoms with Gasteiger partial charge in [0.15, 0.2) is 6.10 Å². The molecule has 2 rings (SSSR count). The van der Waals surface area contributed by atoms with E-state index < -0.39 is 0 Å². The highest BCUT2D eigenvalue weighted by atomic mass is 35.5. The van der Waals surface area contributed by atoms with Crippen LogP contribution in [0.25, 0.3) is 0 Å². The Kier molecular flexibility index (Phi) is 2.42. The van der Waals surface area contributed by atoms with Gasteiger partial charge in [-0.25, -0.2) is 0 Å². The summed E-state index contributed by atoms with van der Waals surface area (Å²) in [5.41, 5.74) is 0.934. The Hall–Kier alpha value is -0.730. The normalized spacial score (nSPS) is 20.3. The van der Waals surface area contributed by atoms with Gasteiger partial charge >= 0.3 is 0 Å². The molecule has 13 heavy (non-hydrogen) atoms. The van der Waals surface area contributed by atoms with Gasteiger partial charge in [-0.3, -0.25) is 0 Å². The molecule has 0 saturated heterocycles. The maximum atomic E-state index is 5.99. The minimum atomic E-state index is -0.0511. The summed E-state index contributed by atoms with van der Waals surface area (Å²) in [4.78, 5) is 5.10. The molecule has 0 aliphatic carbocycles. The van der Waals surface area contributed by atoms with Crippen LogP contribution in [-0.2, 0) is 4.84 Å². The number of halogens is 2. The van der Waals surface area contributed by atoms with Crippen LogP contribution in [0.3, 0.4) is 0 Å². The summed E-state index contributed by atoms with van der Waals surface area (Å²) in [6, 6.07) is 5.37. The molecule has 1 aromatic carbocycles. The van der Waals surface area contributed by atoms with E-state index in [4.69, 9.17) is 28.0 Å². The first kappa shape index (κ1) is 8.85. The van der Waals surface area contributed by atoms with Crippen molar-refractivity contribution in [2.24, 2.45) is 5.16 Å². The molecule has 0 amide bonds. The smallest absolute Gasteiger partial charge is 0.159 e. The van der Waals surface area contributed by atoms with Gasteiger partial charge in [-0.15, -0.1) is 0 Å². The molecule has 1 aromatic rings. The average molecular weight is 216 g/mol. The standard InChI is InChI=1S/C9H7Cl2NO/c10-6-1-2-7(8(11)5-6)9-3-4-12-13-9/h1-2,4-5,9H,3H2. The lowest BCUT2D eigenvalue weighted by Gasteiger charge is -2.09. The molecule has 2 nitrogen and oxygen atoms in total. The second kappa shape index (κ2) is 3.56. The zero-order chi connectivity index (χ0) is 9.26. The molecule has 1 heterocycles. The minimum Gasteiger partial charge on any atom is -0.388 e. The Balaban J connectivity index is 2.30. The van der Waals surface area contributed by atoms with Crippen molar-refractivity contribution < 1.29 is 4.84 Å². The second-order valence-electron chi connectivity index (χ2n) is 2.78. The van der Waals surface area contributed by atoms with E-state index >= 15 is 0 Å². The highest BCUT2D eigenvalue weighted by Crippen LogP contribution is 2.31. The van der Waals surface area contributed by atoms with Crippen molar-refractivity contribution in [2.75, 3.05) is 0 Å². The zero-order valence-electron chi connectivity index (χ0n) is 6.71. The molecule has 1 atom stereocenters. The fourth-order valence-corrected chi connectivity index (χ4v) is 1.77. The lowest BCUT2D eigenvalue weighted by Crippen LogP contribution is -1.96. The van der Waals surface area contributed by atoms with Crippen molar-refractivity contribution in [1.82, 2.24) is 0 Å². The van der Waals surface area contributed by atoms with Crippen molar-refractivity contribution in [2.45, 2.75) is 12.5 Å². The third kappa shape index (κ3) is 1.79. The molecule has 1 aliphatic rings. The molecule has 0 fully saturated rings. The molecule has 0 bridgehead atoms. The number of rotatable bonds is 1. The summed E-state index contributed by atoms with van der Waals surface area (Å²) < 4.78 is 0. The Morgan fingerprint density at radius 1 is 1.38 bits per heavy atom. The van der Waals surface area contributed by atoms with E-state index in [0.717, 1.165) is 12.0 Å². The van der Waals surface area contributed by atoms with E-state index in [9.17, 15) is 0 Å². The van der Waals surface area contributed by atoms with Crippen LogP contribution in [0.5, 0.6) is 0 Å². The molecule has 68 valence electrons. The van der Waals surface area contributed by atoms with Crippen LogP contribution in [0.1, 0.15) is 18.1 Å². The van der Waals surface area contributed by atoms with Crippen LogP contribution in [0.2, 0.25) is 10.0 Å². The topological polar surface area (TPSA) is 21.6 Å². The number of hydrogen-bond donors (Lipinski definition) is 0. The fraction of sp³-hybridized carbons (Fsp3) is 0.222. The molecule has 0 saturated carbocycles. The minimum absolute atomic E-state index is 0.0511. The van der Waals surface area contributed by atoms with Gasteiger partial charge < -0.3 is 4.84 Å². The van der Waals surface area contributed by atoms with Crippen molar-refractivity contribution >= 4 is 29.4 Å². The lowest BCUT2D eigenvalue weighted by molar-refractivity contribution is 0.0859. The van der Waals surface area contributed by atoms with E-state index in [-0.39, 0.29) is 6.10 Å². The SMILES string of the molecule is Clc1ccc(C2CC=NO2)c(Cl)c1. The van der Waals surface area contributed by atoms with E-state index in [2.05, 4.69) is 5.16 Å². The third-order valence-electron chi connectivity index (χ3n) is 1.89. The second-order valence-corrected chi connectivity index (χ2v) is 3.63. The average Bonchev–Trinajstić information content (AvgIpc) is 2.56. The van der Waals surface area contributed by atoms with E-state index in [1.165, 1.54) is 0 Å². The van der Waals surface area contributed by atoms with E-state index in [1.54, 1.807) is 18.3 Å². The highest BCUT2D eigenvalue weighted by Gasteiger charge is 2.18. The van der Waals surface area contributed by atoms with Crippen molar-refractivity contribution in [3.63, 3.8) is 0 Å². The summed E-state index contributed by atoms with van der Waals surface area (Å²) in [5, 5.41) is 4.95.